The standard InChI is InChI=1S/C18H23N3S2/c1-14-8-7-11-17(21(2)19)16(14)13-23-18(22-3)20-12-15-9-5-4-6-10-15/h4-11H,12-13,19H2,1-3H3. The summed E-state index contributed by atoms with van der Waals surface area (Å²) in [5.74, 6) is 6.82. The Balaban J connectivity index is 2.06. The molecular formula is C18H23N3S2. The maximum atomic E-state index is 5.95. The summed E-state index contributed by atoms with van der Waals surface area (Å²) in [6.45, 7) is 2.85. The minimum absolute atomic E-state index is 0.724. The van der Waals surface area contributed by atoms with Gasteiger partial charge in [0.05, 0.1) is 12.2 Å². The summed E-state index contributed by atoms with van der Waals surface area (Å²) in [5.41, 5.74) is 4.83. The number of hydrogen-bond acceptors (Lipinski definition) is 5. The van der Waals surface area contributed by atoms with E-state index in [-0.39, 0.29) is 0 Å². The van der Waals surface area contributed by atoms with Crippen LogP contribution in [-0.4, -0.2) is 17.7 Å². The monoisotopic (exact) mass is 345 g/mol. The van der Waals surface area contributed by atoms with Crippen LogP contribution in [0.25, 0.3) is 0 Å². The third-order valence-corrected chi connectivity index (χ3v) is 5.65. The van der Waals surface area contributed by atoms with Crippen molar-refractivity contribution in [1.29, 1.82) is 0 Å². The van der Waals surface area contributed by atoms with E-state index in [9.17, 15) is 0 Å². The zero-order valence-corrected chi connectivity index (χ0v) is 15.5. The van der Waals surface area contributed by atoms with Gasteiger partial charge in [0, 0.05) is 12.8 Å². The molecule has 0 bridgehead atoms. The molecule has 0 aliphatic carbocycles. The first-order chi connectivity index (χ1) is 11.1. The predicted octanol–water partition coefficient (Wildman–Crippen LogP) is 4.46. The topological polar surface area (TPSA) is 41.6 Å². The Morgan fingerprint density at radius 3 is 2.52 bits per heavy atom. The van der Waals surface area contributed by atoms with Gasteiger partial charge in [-0.2, -0.15) is 0 Å². The van der Waals surface area contributed by atoms with Crippen molar-refractivity contribution in [3.05, 3.63) is 65.2 Å². The number of aliphatic imine (C=N–C) groups is 1. The highest BCUT2D eigenvalue weighted by Gasteiger charge is 2.09. The van der Waals surface area contributed by atoms with Gasteiger partial charge in [0.1, 0.15) is 4.38 Å². The van der Waals surface area contributed by atoms with Crippen molar-refractivity contribution in [2.45, 2.75) is 19.2 Å². The predicted molar refractivity (Wildman–Crippen MR) is 106 cm³/mol. The van der Waals surface area contributed by atoms with Crippen LogP contribution >= 0.6 is 23.5 Å². The molecule has 0 spiro atoms. The van der Waals surface area contributed by atoms with E-state index in [1.807, 2.05) is 31.3 Å². The highest BCUT2D eigenvalue weighted by molar-refractivity contribution is 8.38. The van der Waals surface area contributed by atoms with E-state index < -0.39 is 0 Å². The molecule has 0 amide bonds. The van der Waals surface area contributed by atoms with Gasteiger partial charge in [-0.25, -0.2) is 5.84 Å². The average Bonchev–Trinajstić information content (AvgIpc) is 2.56. The molecule has 0 saturated heterocycles. The normalized spacial score (nSPS) is 11.6. The fourth-order valence-electron chi connectivity index (χ4n) is 2.25. The third-order valence-electron chi connectivity index (χ3n) is 3.51. The number of rotatable bonds is 5. The van der Waals surface area contributed by atoms with Crippen LogP contribution < -0.4 is 10.9 Å². The number of hydrazine groups is 1. The van der Waals surface area contributed by atoms with E-state index >= 15 is 0 Å². The zero-order chi connectivity index (χ0) is 16.7. The van der Waals surface area contributed by atoms with Gasteiger partial charge >= 0.3 is 0 Å². The number of thioether (sulfide) groups is 2. The second-order valence-electron chi connectivity index (χ2n) is 5.24. The average molecular weight is 346 g/mol. The Morgan fingerprint density at radius 1 is 1.13 bits per heavy atom. The molecule has 0 unspecified atom stereocenters. The molecule has 2 N–H and O–H groups in total. The number of aryl methyl sites for hydroxylation is 1. The molecule has 23 heavy (non-hydrogen) atoms. The molecule has 0 aliphatic rings. The third kappa shape index (κ3) is 5.30. The second kappa shape index (κ2) is 9.01. The number of nitrogens with zero attached hydrogens (tertiary/aromatic N) is 2. The summed E-state index contributed by atoms with van der Waals surface area (Å²) in [4.78, 5) is 4.73. The molecule has 2 aromatic rings. The molecular weight excluding hydrogens is 322 g/mol. The molecule has 0 aromatic heterocycles. The minimum atomic E-state index is 0.724. The Labute approximate surface area is 147 Å². The quantitative estimate of drug-likeness (QED) is 0.376. The molecule has 0 aliphatic heterocycles. The van der Waals surface area contributed by atoms with Crippen molar-refractivity contribution >= 4 is 33.6 Å². The molecule has 0 heterocycles. The van der Waals surface area contributed by atoms with E-state index in [1.54, 1.807) is 28.5 Å². The smallest absolute Gasteiger partial charge is 0.124 e. The molecule has 0 fully saturated rings. The Hall–Kier alpha value is -1.43. The Kier molecular flexibility index (Phi) is 7.02. The van der Waals surface area contributed by atoms with Gasteiger partial charge < -0.3 is 5.01 Å². The van der Waals surface area contributed by atoms with E-state index in [1.165, 1.54) is 16.7 Å². The lowest BCUT2D eigenvalue weighted by molar-refractivity contribution is 1.00. The lowest BCUT2D eigenvalue weighted by Crippen LogP contribution is -2.26. The molecule has 0 saturated carbocycles. The second-order valence-corrected chi connectivity index (χ2v) is 7.26. The first-order valence-electron chi connectivity index (χ1n) is 7.44. The lowest BCUT2D eigenvalue weighted by Gasteiger charge is -2.18. The molecule has 2 aromatic carbocycles. The summed E-state index contributed by atoms with van der Waals surface area (Å²) >= 11 is 3.47. The van der Waals surface area contributed by atoms with E-state index in [4.69, 9.17) is 10.8 Å². The van der Waals surface area contributed by atoms with Gasteiger partial charge in [0.25, 0.3) is 0 Å². The summed E-state index contributed by atoms with van der Waals surface area (Å²) < 4.78 is 1.10. The largest absolute Gasteiger partial charge is 0.314 e. The van der Waals surface area contributed by atoms with Gasteiger partial charge in [-0.3, -0.25) is 4.99 Å². The summed E-state index contributed by atoms with van der Waals surface area (Å²) in [7, 11) is 1.88. The highest BCUT2D eigenvalue weighted by atomic mass is 32.2. The van der Waals surface area contributed by atoms with E-state index in [2.05, 4.69) is 37.4 Å². The first-order valence-corrected chi connectivity index (χ1v) is 9.65. The Bertz CT molecular complexity index is 655. The van der Waals surface area contributed by atoms with Gasteiger partial charge in [-0.1, -0.05) is 54.2 Å². The van der Waals surface area contributed by atoms with Crippen molar-refractivity contribution < 1.29 is 0 Å². The summed E-state index contributed by atoms with van der Waals surface area (Å²) in [6, 6.07) is 16.6. The van der Waals surface area contributed by atoms with Crippen LogP contribution in [-0.2, 0) is 12.3 Å². The van der Waals surface area contributed by atoms with Crippen molar-refractivity contribution in [3.8, 4) is 0 Å². The van der Waals surface area contributed by atoms with Crippen LogP contribution in [0.3, 0.4) is 0 Å². The van der Waals surface area contributed by atoms with Crippen LogP contribution in [0, 0.1) is 6.92 Å². The van der Waals surface area contributed by atoms with Gasteiger partial charge in [-0.05, 0) is 35.9 Å². The van der Waals surface area contributed by atoms with Crippen molar-refractivity contribution in [1.82, 2.24) is 0 Å². The van der Waals surface area contributed by atoms with Crippen molar-refractivity contribution in [2.24, 2.45) is 10.8 Å². The van der Waals surface area contributed by atoms with E-state index in [0.29, 0.717) is 0 Å². The molecule has 3 nitrogen and oxygen atoms in total. The van der Waals surface area contributed by atoms with Gasteiger partial charge in [0.15, 0.2) is 0 Å². The molecule has 5 heteroatoms. The highest BCUT2D eigenvalue weighted by Crippen LogP contribution is 2.28. The molecule has 2 rings (SSSR count). The lowest BCUT2D eigenvalue weighted by atomic mass is 10.1. The summed E-state index contributed by atoms with van der Waals surface area (Å²) in [5, 5.41) is 1.68. The fourth-order valence-corrected chi connectivity index (χ4v) is 3.89. The molecule has 122 valence electrons. The fraction of sp³-hybridized carbons (Fsp3) is 0.278. The van der Waals surface area contributed by atoms with Crippen molar-refractivity contribution in [3.63, 3.8) is 0 Å². The molecule has 0 radical (unpaired) electrons. The minimum Gasteiger partial charge on any atom is -0.314 e. The van der Waals surface area contributed by atoms with Gasteiger partial charge in [-0.15, -0.1) is 11.8 Å². The zero-order valence-electron chi connectivity index (χ0n) is 13.8. The first kappa shape index (κ1) is 17.9. The number of anilines is 1. The number of benzene rings is 2. The molecule has 0 atom stereocenters. The summed E-state index contributed by atoms with van der Waals surface area (Å²) in [6.07, 6.45) is 2.07. The number of hydrogen-bond donors (Lipinski definition) is 1. The maximum absolute atomic E-state index is 5.95. The van der Waals surface area contributed by atoms with Crippen molar-refractivity contribution in [2.75, 3.05) is 18.3 Å². The van der Waals surface area contributed by atoms with Gasteiger partial charge in [0.2, 0.25) is 0 Å². The SMILES string of the molecule is CSC(=NCc1ccccc1)SCc1c(C)cccc1N(C)N. The van der Waals surface area contributed by atoms with Crippen LogP contribution in [0.1, 0.15) is 16.7 Å². The van der Waals surface area contributed by atoms with Crippen LogP contribution in [0.5, 0.6) is 0 Å². The number of nitrogens with two attached hydrogens (primary N) is 1. The van der Waals surface area contributed by atoms with E-state index in [0.717, 1.165) is 22.4 Å². The van der Waals surface area contributed by atoms with Crippen LogP contribution in [0.2, 0.25) is 0 Å². The van der Waals surface area contributed by atoms with Crippen LogP contribution in [0.15, 0.2) is 53.5 Å². The van der Waals surface area contributed by atoms with Crippen LogP contribution in [0.4, 0.5) is 5.69 Å². The Morgan fingerprint density at radius 2 is 1.87 bits per heavy atom. The maximum Gasteiger partial charge on any atom is 0.124 e.